The van der Waals surface area contributed by atoms with Gasteiger partial charge in [-0.25, -0.2) is 0 Å². The highest BCUT2D eigenvalue weighted by atomic mass is 16.3. The van der Waals surface area contributed by atoms with Gasteiger partial charge in [0.1, 0.15) is 5.76 Å². The van der Waals surface area contributed by atoms with Gasteiger partial charge in [-0.1, -0.05) is 26.7 Å². The fourth-order valence-corrected chi connectivity index (χ4v) is 2.87. The van der Waals surface area contributed by atoms with Crippen LogP contribution in [0, 0.1) is 11.8 Å². The molecule has 2 atom stereocenters. The first-order valence-electron chi connectivity index (χ1n) is 7.01. The molecule has 1 aliphatic carbocycles. The lowest BCUT2D eigenvalue weighted by molar-refractivity contribution is 0.231. The highest BCUT2D eigenvalue weighted by molar-refractivity contribution is 4.98. The molecule has 1 N–H and O–H groups in total. The van der Waals surface area contributed by atoms with E-state index in [4.69, 9.17) is 4.42 Å². The Kier molecular flexibility index (Phi) is 4.66. The number of furan rings is 1. The maximum absolute atomic E-state index is 5.34. The molecule has 2 unspecified atom stereocenters. The van der Waals surface area contributed by atoms with E-state index in [2.05, 4.69) is 25.2 Å². The lowest BCUT2D eigenvalue weighted by Gasteiger charge is -2.32. The summed E-state index contributed by atoms with van der Waals surface area (Å²) in [5, 5.41) is 3.68. The van der Waals surface area contributed by atoms with Gasteiger partial charge < -0.3 is 9.73 Å². The third-order valence-corrected chi connectivity index (χ3v) is 4.04. The largest absolute Gasteiger partial charge is 0.469 e. The van der Waals surface area contributed by atoms with Crippen LogP contribution < -0.4 is 5.32 Å². The minimum absolute atomic E-state index is 0.728. The van der Waals surface area contributed by atoms with Gasteiger partial charge in [0.15, 0.2) is 0 Å². The van der Waals surface area contributed by atoms with Crippen molar-refractivity contribution in [3.05, 3.63) is 24.2 Å². The van der Waals surface area contributed by atoms with Gasteiger partial charge in [-0.15, -0.1) is 0 Å². The zero-order chi connectivity index (χ0) is 12.1. The number of hydrogen-bond acceptors (Lipinski definition) is 2. The van der Waals surface area contributed by atoms with Crippen LogP contribution in [0.2, 0.25) is 0 Å². The fraction of sp³-hybridized carbons (Fsp3) is 0.733. The SMILES string of the molecule is CC(C)C1CCCC(NCCc2ccco2)C1. The van der Waals surface area contributed by atoms with Crippen molar-refractivity contribution >= 4 is 0 Å². The number of nitrogens with one attached hydrogen (secondary N) is 1. The van der Waals surface area contributed by atoms with Crippen LogP contribution in [0.5, 0.6) is 0 Å². The molecule has 0 aromatic carbocycles. The average Bonchev–Trinajstić information content (AvgIpc) is 2.82. The lowest BCUT2D eigenvalue weighted by atomic mass is 9.79. The second kappa shape index (κ2) is 6.25. The van der Waals surface area contributed by atoms with Gasteiger partial charge in [-0.2, -0.15) is 0 Å². The second-order valence-corrected chi connectivity index (χ2v) is 5.65. The Labute approximate surface area is 105 Å². The van der Waals surface area contributed by atoms with Crippen LogP contribution in [0.4, 0.5) is 0 Å². The average molecular weight is 235 g/mol. The van der Waals surface area contributed by atoms with E-state index in [1.807, 2.05) is 6.07 Å². The van der Waals surface area contributed by atoms with Crippen LogP contribution >= 0.6 is 0 Å². The summed E-state index contributed by atoms with van der Waals surface area (Å²) in [5.74, 6) is 2.85. The minimum Gasteiger partial charge on any atom is -0.469 e. The molecule has 1 saturated carbocycles. The molecule has 1 aliphatic rings. The van der Waals surface area contributed by atoms with E-state index in [0.717, 1.165) is 36.6 Å². The van der Waals surface area contributed by atoms with E-state index >= 15 is 0 Å². The summed E-state index contributed by atoms with van der Waals surface area (Å²) in [6, 6.07) is 4.75. The zero-order valence-corrected chi connectivity index (χ0v) is 11.1. The van der Waals surface area contributed by atoms with Crippen molar-refractivity contribution in [3.8, 4) is 0 Å². The van der Waals surface area contributed by atoms with E-state index in [-0.39, 0.29) is 0 Å². The monoisotopic (exact) mass is 235 g/mol. The van der Waals surface area contributed by atoms with Gasteiger partial charge in [0.05, 0.1) is 6.26 Å². The van der Waals surface area contributed by atoms with Crippen molar-refractivity contribution in [2.75, 3.05) is 6.54 Å². The molecule has 2 heteroatoms. The molecule has 1 fully saturated rings. The lowest BCUT2D eigenvalue weighted by Crippen LogP contribution is -2.36. The summed E-state index contributed by atoms with van der Waals surface area (Å²) in [4.78, 5) is 0. The first-order valence-corrected chi connectivity index (χ1v) is 7.01. The molecule has 0 spiro atoms. The topological polar surface area (TPSA) is 25.2 Å². The van der Waals surface area contributed by atoms with E-state index in [1.165, 1.54) is 25.7 Å². The highest BCUT2D eigenvalue weighted by Gasteiger charge is 2.23. The first-order chi connectivity index (χ1) is 8.25. The molecule has 96 valence electrons. The second-order valence-electron chi connectivity index (χ2n) is 5.65. The van der Waals surface area contributed by atoms with Crippen molar-refractivity contribution in [1.82, 2.24) is 5.32 Å². The van der Waals surface area contributed by atoms with E-state index in [9.17, 15) is 0 Å². The Morgan fingerprint density at radius 1 is 1.41 bits per heavy atom. The number of hydrogen-bond donors (Lipinski definition) is 1. The van der Waals surface area contributed by atoms with E-state index in [0.29, 0.717) is 0 Å². The fourth-order valence-electron chi connectivity index (χ4n) is 2.87. The third kappa shape index (κ3) is 3.88. The van der Waals surface area contributed by atoms with Crippen LogP contribution in [0.1, 0.15) is 45.3 Å². The number of rotatable bonds is 5. The predicted molar refractivity (Wildman–Crippen MR) is 71.0 cm³/mol. The standard InChI is InChI=1S/C15H25NO/c1-12(2)13-5-3-6-14(11-13)16-9-8-15-7-4-10-17-15/h4,7,10,12-14,16H,3,5-6,8-9,11H2,1-2H3. The summed E-state index contributed by atoms with van der Waals surface area (Å²) >= 11 is 0. The van der Waals surface area contributed by atoms with E-state index in [1.54, 1.807) is 6.26 Å². The van der Waals surface area contributed by atoms with Gasteiger partial charge in [0, 0.05) is 19.0 Å². The Morgan fingerprint density at radius 3 is 3.00 bits per heavy atom. The molecule has 1 aromatic heterocycles. The normalized spacial score (nSPS) is 25.4. The maximum Gasteiger partial charge on any atom is 0.105 e. The van der Waals surface area contributed by atoms with Crippen molar-refractivity contribution < 1.29 is 4.42 Å². The van der Waals surface area contributed by atoms with Gasteiger partial charge in [-0.3, -0.25) is 0 Å². The molecule has 0 amide bonds. The Hall–Kier alpha value is -0.760. The molecule has 0 aliphatic heterocycles. The molecule has 0 bridgehead atoms. The van der Waals surface area contributed by atoms with Crippen molar-refractivity contribution in [2.24, 2.45) is 11.8 Å². The van der Waals surface area contributed by atoms with E-state index < -0.39 is 0 Å². The Balaban J connectivity index is 1.68. The van der Waals surface area contributed by atoms with Crippen LogP contribution in [-0.4, -0.2) is 12.6 Å². The molecule has 17 heavy (non-hydrogen) atoms. The molecule has 2 nitrogen and oxygen atoms in total. The summed E-state index contributed by atoms with van der Waals surface area (Å²) in [5.41, 5.74) is 0. The first kappa shape index (κ1) is 12.7. The highest BCUT2D eigenvalue weighted by Crippen LogP contribution is 2.29. The quantitative estimate of drug-likeness (QED) is 0.843. The predicted octanol–water partition coefficient (Wildman–Crippen LogP) is 3.63. The molecule has 1 heterocycles. The summed E-state index contributed by atoms with van der Waals surface area (Å²) < 4.78 is 5.34. The molecule has 0 radical (unpaired) electrons. The molecular weight excluding hydrogens is 210 g/mol. The maximum atomic E-state index is 5.34. The summed E-state index contributed by atoms with van der Waals surface area (Å²) in [7, 11) is 0. The smallest absolute Gasteiger partial charge is 0.105 e. The molecule has 1 aromatic rings. The zero-order valence-electron chi connectivity index (χ0n) is 11.1. The minimum atomic E-state index is 0.728. The Bertz CT molecular complexity index is 305. The van der Waals surface area contributed by atoms with Crippen molar-refractivity contribution in [1.29, 1.82) is 0 Å². The van der Waals surface area contributed by atoms with Gasteiger partial charge in [-0.05, 0) is 36.8 Å². The van der Waals surface area contributed by atoms with Gasteiger partial charge in [0.2, 0.25) is 0 Å². The van der Waals surface area contributed by atoms with Crippen molar-refractivity contribution in [2.45, 2.75) is 52.0 Å². The van der Waals surface area contributed by atoms with Crippen LogP contribution in [0.25, 0.3) is 0 Å². The van der Waals surface area contributed by atoms with Crippen LogP contribution in [-0.2, 0) is 6.42 Å². The van der Waals surface area contributed by atoms with Crippen LogP contribution in [0.3, 0.4) is 0 Å². The van der Waals surface area contributed by atoms with Gasteiger partial charge >= 0.3 is 0 Å². The molecule has 0 saturated heterocycles. The van der Waals surface area contributed by atoms with Crippen molar-refractivity contribution in [3.63, 3.8) is 0 Å². The summed E-state index contributed by atoms with van der Waals surface area (Å²) in [6.45, 7) is 5.76. The molecule has 2 rings (SSSR count). The Morgan fingerprint density at radius 2 is 2.29 bits per heavy atom. The van der Waals surface area contributed by atoms with Gasteiger partial charge in [0.25, 0.3) is 0 Å². The summed E-state index contributed by atoms with van der Waals surface area (Å²) in [6.07, 6.45) is 8.28. The van der Waals surface area contributed by atoms with Crippen LogP contribution in [0.15, 0.2) is 22.8 Å². The molecular formula is C15H25NO. The third-order valence-electron chi connectivity index (χ3n) is 4.04.